The Morgan fingerprint density at radius 2 is 1.75 bits per heavy atom. The van der Waals surface area contributed by atoms with Crippen LogP contribution in [0.1, 0.15) is 5.76 Å². The summed E-state index contributed by atoms with van der Waals surface area (Å²) in [5, 5.41) is 1.15. The lowest BCUT2D eigenvalue weighted by Gasteiger charge is -1.84. The molecule has 0 bridgehead atoms. The fourth-order valence-corrected chi connectivity index (χ4v) is 1.13. The van der Waals surface area contributed by atoms with Gasteiger partial charge >= 0.3 is 11.3 Å². The Kier molecular flexibility index (Phi) is 2.66. The molecule has 2 heteroatoms. The molecule has 12 heavy (non-hydrogen) atoms. The first kappa shape index (κ1) is 9.01. The van der Waals surface area contributed by atoms with E-state index < -0.39 is 0 Å². The highest BCUT2D eigenvalue weighted by molar-refractivity contribution is 5.76. The third-order valence-electron chi connectivity index (χ3n) is 1.69. The lowest BCUT2D eigenvalue weighted by atomic mass is 10.2. The van der Waals surface area contributed by atoms with Crippen LogP contribution in [0.2, 0.25) is 0 Å². The minimum Gasteiger partial charge on any atom is -1.00 e. The number of benzene rings is 1. The number of para-hydroxylation sites is 1. The number of hydrogen-bond acceptors (Lipinski definition) is 0. The van der Waals surface area contributed by atoms with Gasteiger partial charge < -0.3 is 12.4 Å². The Bertz CT molecular complexity index is 384. The summed E-state index contributed by atoms with van der Waals surface area (Å²) in [5.74, 6) is 0.948. The Morgan fingerprint density at radius 3 is 2.58 bits per heavy atom. The number of fused-ring (bicyclic) bond motifs is 1. The Balaban J connectivity index is 0.000000720. The highest BCUT2D eigenvalue weighted by Gasteiger charge is 2.04. The molecular weight excluding hydrogens is 172 g/mol. The summed E-state index contributed by atoms with van der Waals surface area (Å²) in [6.45, 7) is 1.95. The van der Waals surface area contributed by atoms with Crippen LogP contribution in [0.5, 0.6) is 0 Å². The maximum absolute atomic E-state index is 5.46. The molecule has 0 fully saturated rings. The number of rotatable bonds is 0. The zero-order valence-electron chi connectivity index (χ0n) is 6.75. The van der Waals surface area contributed by atoms with Crippen LogP contribution in [0.15, 0.2) is 40.8 Å². The van der Waals surface area contributed by atoms with E-state index in [1.807, 2.05) is 37.3 Å². The van der Waals surface area contributed by atoms with Gasteiger partial charge in [0, 0.05) is 12.1 Å². The van der Waals surface area contributed by atoms with Crippen LogP contribution in [-0.4, -0.2) is 0 Å². The van der Waals surface area contributed by atoms with Gasteiger partial charge in [-0.3, -0.25) is 0 Å². The van der Waals surface area contributed by atoms with Gasteiger partial charge in [-0.1, -0.05) is 12.1 Å². The van der Waals surface area contributed by atoms with Crippen LogP contribution in [0.25, 0.3) is 11.0 Å². The minimum atomic E-state index is 0. The lowest BCUT2D eigenvalue weighted by Crippen LogP contribution is -3.00. The van der Waals surface area contributed by atoms with Gasteiger partial charge in [0.15, 0.2) is 0 Å². The average Bonchev–Trinajstić information content (AvgIpc) is 2.04. The molecule has 2 rings (SSSR count). The predicted molar refractivity (Wildman–Crippen MR) is 45.4 cm³/mol. The van der Waals surface area contributed by atoms with E-state index in [0.717, 1.165) is 16.7 Å². The van der Waals surface area contributed by atoms with Gasteiger partial charge in [-0.15, -0.1) is 0 Å². The van der Waals surface area contributed by atoms with Gasteiger partial charge in [0.2, 0.25) is 0 Å². The first-order chi connectivity index (χ1) is 5.36. The summed E-state index contributed by atoms with van der Waals surface area (Å²) in [6.07, 6.45) is 0. The van der Waals surface area contributed by atoms with Crippen molar-refractivity contribution in [2.75, 3.05) is 0 Å². The molecule has 0 saturated heterocycles. The van der Waals surface area contributed by atoms with E-state index in [1.165, 1.54) is 0 Å². The van der Waals surface area contributed by atoms with E-state index in [9.17, 15) is 0 Å². The molecule has 62 valence electrons. The van der Waals surface area contributed by atoms with Crippen molar-refractivity contribution in [2.24, 2.45) is 0 Å². The van der Waals surface area contributed by atoms with Crippen molar-refractivity contribution in [3.8, 4) is 0 Å². The Labute approximate surface area is 77.4 Å². The molecule has 1 nitrogen and oxygen atoms in total. The second-order valence-corrected chi connectivity index (χ2v) is 2.58. The standard InChI is InChI=1S/C10H9O.ClH/c1-8-6-7-9-4-2-3-5-10(9)11-8;/h2-7H,1H3;1H/q+1;/p-1. The Hall–Kier alpha value is -1.08. The van der Waals surface area contributed by atoms with E-state index in [2.05, 4.69) is 6.07 Å². The van der Waals surface area contributed by atoms with E-state index >= 15 is 0 Å². The predicted octanol–water partition coefficient (Wildman–Crippen LogP) is 0.0263. The second kappa shape index (κ2) is 3.55. The summed E-state index contributed by atoms with van der Waals surface area (Å²) in [5.41, 5.74) is 0.951. The molecule has 0 atom stereocenters. The summed E-state index contributed by atoms with van der Waals surface area (Å²) in [7, 11) is 0. The summed E-state index contributed by atoms with van der Waals surface area (Å²) in [6, 6.07) is 12.0. The van der Waals surface area contributed by atoms with Gasteiger partial charge in [-0.05, 0) is 12.1 Å². The van der Waals surface area contributed by atoms with Crippen LogP contribution in [0, 0.1) is 6.92 Å². The first-order valence-corrected chi connectivity index (χ1v) is 3.65. The van der Waals surface area contributed by atoms with Gasteiger partial charge in [0.1, 0.15) is 0 Å². The molecule has 0 radical (unpaired) electrons. The lowest BCUT2D eigenvalue weighted by molar-refractivity contribution is -0.00000285. The molecule has 0 saturated carbocycles. The normalized spacial score (nSPS) is 9.42. The molecule has 1 aromatic carbocycles. The molecule has 1 aromatic heterocycles. The molecule has 2 aromatic rings. The van der Waals surface area contributed by atoms with E-state index in [4.69, 9.17) is 4.42 Å². The van der Waals surface area contributed by atoms with Crippen molar-refractivity contribution in [3.05, 3.63) is 42.2 Å². The van der Waals surface area contributed by atoms with Crippen LogP contribution >= 0.6 is 0 Å². The number of hydrogen-bond donors (Lipinski definition) is 0. The van der Waals surface area contributed by atoms with Crippen LogP contribution in [0.4, 0.5) is 0 Å². The molecule has 1 heterocycles. The second-order valence-electron chi connectivity index (χ2n) is 2.58. The SMILES string of the molecule is Cc1ccc2ccccc2[o+]1.[Cl-]. The van der Waals surface area contributed by atoms with Crippen molar-refractivity contribution in [1.29, 1.82) is 0 Å². The summed E-state index contributed by atoms with van der Waals surface area (Å²) >= 11 is 0. The maximum Gasteiger partial charge on any atom is 0.360 e. The highest BCUT2D eigenvalue weighted by atomic mass is 35.5. The van der Waals surface area contributed by atoms with Gasteiger partial charge in [-0.25, -0.2) is 4.42 Å². The third kappa shape index (κ3) is 1.56. The molecule has 0 aliphatic carbocycles. The molecule has 0 spiro atoms. The van der Waals surface area contributed by atoms with Crippen molar-refractivity contribution in [3.63, 3.8) is 0 Å². The Morgan fingerprint density at radius 1 is 1.00 bits per heavy atom. The molecule has 0 amide bonds. The average molecular weight is 181 g/mol. The quantitative estimate of drug-likeness (QED) is 0.521. The zero-order chi connectivity index (χ0) is 7.68. The van der Waals surface area contributed by atoms with Crippen LogP contribution in [0.3, 0.4) is 0 Å². The van der Waals surface area contributed by atoms with Crippen molar-refractivity contribution in [1.82, 2.24) is 0 Å². The van der Waals surface area contributed by atoms with Crippen LogP contribution in [-0.2, 0) is 0 Å². The van der Waals surface area contributed by atoms with Crippen molar-refractivity contribution >= 4 is 11.0 Å². The van der Waals surface area contributed by atoms with E-state index in [-0.39, 0.29) is 12.4 Å². The first-order valence-electron chi connectivity index (χ1n) is 3.65. The maximum atomic E-state index is 5.46. The van der Waals surface area contributed by atoms with Gasteiger partial charge in [0.25, 0.3) is 0 Å². The molecular formula is C10H9ClO. The number of halogens is 1. The molecule has 0 N–H and O–H groups in total. The van der Waals surface area contributed by atoms with E-state index in [0.29, 0.717) is 0 Å². The number of aryl methyl sites for hydroxylation is 1. The largest absolute Gasteiger partial charge is 1.00 e. The monoisotopic (exact) mass is 180 g/mol. The molecule has 0 aliphatic rings. The highest BCUT2D eigenvalue weighted by Crippen LogP contribution is 2.14. The fraction of sp³-hybridized carbons (Fsp3) is 0.100. The van der Waals surface area contributed by atoms with Crippen molar-refractivity contribution in [2.45, 2.75) is 6.92 Å². The third-order valence-corrected chi connectivity index (χ3v) is 1.69. The summed E-state index contributed by atoms with van der Waals surface area (Å²) < 4.78 is 5.46. The minimum absolute atomic E-state index is 0. The van der Waals surface area contributed by atoms with Gasteiger partial charge in [-0.2, -0.15) is 0 Å². The summed E-state index contributed by atoms with van der Waals surface area (Å²) in [4.78, 5) is 0. The topological polar surface area (TPSA) is 11.3 Å². The van der Waals surface area contributed by atoms with Gasteiger partial charge in [0.05, 0.1) is 12.3 Å². The van der Waals surface area contributed by atoms with Crippen molar-refractivity contribution < 1.29 is 16.8 Å². The fourth-order valence-electron chi connectivity index (χ4n) is 1.13. The zero-order valence-corrected chi connectivity index (χ0v) is 7.51. The molecule has 0 unspecified atom stereocenters. The molecule has 0 aliphatic heterocycles. The van der Waals surface area contributed by atoms with E-state index in [1.54, 1.807) is 0 Å². The smallest absolute Gasteiger partial charge is 0.360 e. The van der Waals surface area contributed by atoms with Crippen LogP contribution < -0.4 is 12.4 Å².